The molecule has 0 rings (SSSR count). The van der Waals surface area contributed by atoms with Crippen LogP contribution in [0, 0.1) is 0 Å². The molecule has 0 saturated heterocycles. The van der Waals surface area contributed by atoms with Gasteiger partial charge in [-0.3, -0.25) is 9.59 Å². The van der Waals surface area contributed by atoms with E-state index >= 15 is 0 Å². The molecule has 0 heterocycles. The van der Waals surface area contributed by atoms with Crippen LogP contribution >= 0.6 is 0 Å². The van der Waals surface area contributed by atoms with Gasteiger partial charge in [0.15, 0.2) is 0 Å². The van der Waals surface area contributed by atoms with Crippen LogP contribution in [0.25, 0.3) is 0 Å². The first-order valence-corrected chi connectivity index (χ1v) is 7.50. The van der Waals surface area contributed by atoms with Gasteiger partial charge in [-0.2, -0.15) is 0 Å². The second-order valence-corrected chi connectivity index (χ2v) is 4.68. The minimum absolute atomic E-state index is 0.119. The van der Waals surface area contributed by atoms with E-state index in [1.54, 1.807) is 6.92 Å². The molecule has 5 heteroatoms. The summed E-state index contributed by atoms with van der Waals surface area (Å²) in [6.45, 7) is 7.02. The topological polar surface area (TPSA) is 61.8 Å². The lowest BCUT2D eigenvalue weighted by Gasteiger charge is -2.16. The SMILES string of the molecule is CCCOCC[C@H](CCCCC(=O)OCC)OC(C)=O. The van der Waals surface area contributed by atoms with E-state index < -0.39 is 0 Å². The number of hydrogen-bond acceptors (Lipinski definition) is 5. The molecular formula is C15H28O5. The zero-order chi connectivity index (χ0) is 15.2. The van der Waals surface area contributed by atoms with E-state index in [9.17, 15) is 9.59 Å². The van der Waals surface area contributed by atoms with Gasteiger partial charge in [-0.05, 0) is 32.6 Å². The van der Waals surface area contributed by atoms with Gasteiger partial charge >= 0.3 is 11.9 Å². The summed E-state index contributed by atoms with van der Waals surface area (Å²) >= 11 is 0. The average Bonchev–Trinajstić information content (AvgIpc) is 2.39. The Kier molecular flexibility index (Phi) is 12.2. The number of unbranched alkanes of at least 4 members (excludes halogenated alkanes) is 1. The first-order chi connectivity index (χ1) is 9.60. The predicted octanol–water partition coefficient (Wildman–Crippen LogP) is 2.86. The summed E-state index contributed by atoms with van der Waals surface area (Å²) in [5, 5.41) is 0. The molecule has 0 aromatic heterocycles. The third-order valence-corrected chi connectivity index (χ3v) is 2.73. The van der Waals surface area contributed by atoms with Crippen molar-refractivity contribution >= 4 is 11.9 Å². The molecule has 0 bridgehead atoms. The Morgan fingerprint density at radius 1 is 1.05 bits per heavy atom. The Labute approximate surface area is 122 Å². The van der Waals surface area contributed by atoms with Crippen LogP contribution in [0.15, 0.2) is 0 Å². The van der Waals surface area contributed by atoms with Crippen LogP contribution in [-0.4, -0.2) is 37.9 Å². The van der Waals surface area contributed by atoms with Gasteiger partial charge < -0.3 is 14.2 Å². The number of carbonyl (C=O) groups is 2. The zero-order valence-corrected chi connectivity index (χ0v) is 13.0. The minimum Gasteiger partial charge on any atom is -0.466 e. The van der Waals surface area contributed by atoms with Crippen LogP contribution in [0.5, 0.6) is 0 Å². The Balaban J connectivity index is 3.79. The number of ether oxygens (including phenoxy) is 3. The molecule has 0 aromatic rings. The third kappa shape index (κ3) is 12.0. The van der Waals surface area contributed by atoms with E-state index in [0.717, 1.165) is 32.3 Å². The van der Waals surface area contributed by atoms with E-state index in [4.69, 9.17) is 14.2 Å². The molecule has 1 atom stereocenters. The highest BCUT2D eigenvalue weighted by molar-refractivity contribution is 5.69. The van der Waals surface area contributed by atoms with Crippen LogP contribution < -0.4 is 0 Å². The van der Waals surface area contributed by atoms with Gasteiger partial charge in [-0.15, -0.1) is 0 Å². The highest BCUT2D eigenvalue weighted by Gasteiger charge is 2.12. The van der Waals surface area contributed by atoms with Crippen molar-refractivity contribution < 1.29 is 23.8 Å². The third-order valence-electron chi connectivity index (χ3n) is 2.73. The van der Waals surface area contributed by atoms with Crippen molar-refractivity contribution in [3.05, 3.63) is 0 Å². The Morgan fingerprint density at radius 2 is 1.80 bits per heavy atom. The van der Waals surface area contributed by atoms with Gasteiger partial charge in [0.2, 0.25) is 0 Å². The first kappa shape index (κ1) is 18.9. The van der Waals surface area contributed by atoms with Crippen LogP contribution in [0.3, 0.4) is 0 Å². The van der Waals surface area contributed by atoms with Gasteiger partial charge in [0.25, 0.3) is 0 Å². The van der Waals surface area contributed by atoms with E-state index in [2.05, 4.69) is 6.92 Å². The number of carbonyl (C=O) groups excluding carboxylic acids is 2. The fourth-order valence-electron chi connectivity index (χ4n) is 1.83. The molecular weight excluding hydrogens is 260 g/mol. The predicted molar refractivity (Wildman–Crippen MR) is 76.4 cm³/mol. The van der Waals surface area contributed by atoms with Crippen LogP contribution in [0.4, 0.5) is 0 Å². The smallest absolute Gasteiger partial charge is 0.305 e. The second kappa shape index (κ2) is 12.9. The minimum atomic E-state index is -0.268. The van der Waals surface area contributed by atoms with Gasteiger partial charge in [-0.1, -0.05) is 6.92 Å². The number of hydrogen-bond donors (Lipinski definition) is 0. The van der Waals surface area contributed by atoms with Crippen molar-refractivity contribution in [3.8, 4) is 0 Å². The Hall–Kier alpha value is -1.10. The van der Waals surface area contributed by atoms with Crippen molar-refractivity contribution in [2.24, 2.45) is 0 Å². The number of esters is 2. The van der Waals surface area contributed by atoms with Gasteiger partial charge in [-0.25, -0.2) is 0 Å². The van der Waals surface area contributed by atoms with Gasteiger partial charge in [0, 0.05) is 26.4 Å². The van der Waals surface area contributed by atoms with Crippen molar-refractivity contribution in [2.75, 3.05) is 19.8 Å². The fourth-order valence-corrected chi connectivity index (χ4v) is 1.83. The summed E-state index contributed by atoms with van der Waals surface area (Å²) in [5.74, 6) is -0.432. The summed E-state index contributed by atoms with van der Waals surface area (Å²) in [6.07, 6.45) is 4.35. The van der Waals surface area contributed by atoms with Gasteiger partial charge in [0.05, 0.1) is 13.2 Å². The molecule has 0 saturated carbocycles. The van der Waals surface area contributed by atoms with E-state index in [-0.39, 0.29) is 18.0 Å². The highest BCUT2D eigenvalue weighted by atomic mass is 16.5. The molecule has 0 aliphatic heterocycles. The summed E-state index contributed by atoms with van der Waals surface area (Å²) in [4.78, 5) is 22.2. The first-order valence-electron chi connectivity index (χ1n) is 7.50. The molecule has 0 fully saturated rings. The molecule has 0 aliphatic rings. The molecule has 0 N–H and O–H groups in total. The van der Waals surface area contributed by atoms with Crippen LogP contribution in [0.2, 0.25) is 0 Å². The molecule has 5 nitrogen and oxygen atoms in total. The van der Waals surface area contributed by atoms with Crippen molar-refractivity contribution in [1.29, 1.82) is 0 Å². The summed E-state index contributed by atoms with van der Waals surface area (Å²) in [7, 11) is 0. The summed E-state index contributed by atoms with van der Waals surface area (Å²) in [6, 6.07) is 0. The van der Waals surface area contributed by atoms with Crippen molar-refractivity contribution in [1.82, 2.24) is 0 Å². The lowest BCUT2D eigenvalue weighted by molar-refractivity contribution is -0.148. The Bertz CT molecular complexity index is 265. The van der Waals surface area contributed by atoms with E-state index in [1.165, 1.54) is 6.92 Å². The summed E-state index contributed by atoms with van der Waals surface area (Å²) < 4.78 is 15.5. The quantitative estimate of drug-likeness (QED) is 0.408. The molecule has 0 unspecified atom stereocenters. The molecule has 0 amide bonds. The normalized spacial score (nSPS) is 11.9. The fraction of sp³-hybridized carbons (Fsp3) is 0.867. The second-order valence-electron chi connectivity index (χ2n) is 4.68. The van der Waals surface area contributed by atoms with Crippen LogP contribution in [-0.2, 0) is 23.8 Å². The maximum atomic E-state index is 11.2. The van der Waals surface area contributed by atoms with Gasteiger partial charge in [0.1, 0.15) is 6.10 Å². The standard InChI is InChI=1S/C15H28O5/c1-4-11-18-12-10-14(20-13(3)16)8-6-7-9-15(17)19-5-2/h14H,4-12H2,1-3H3/t14-/m0/s1. The lowest BCUT2D eigenvalue weighted by Crippen LogP contribution is -2.19. The molecule has 0 aromatic carbocycles. The average molecular weight is 288 g/mol. The molecule has 0 aliphatic carbocycles. The van der Waals surface area contributed by atoms with Crippen molar-refractivity contribution in [3.63, 3.8) is 0 Å². The zero-order valence-electron chi connectivity index (χ0n) is 13.0. The maximum Gasteiger partial charge on any atom is 0.305 e. The van der Waals surface area contributed by atoms with Crippen molar-refractivity contribution in [2.45, 2.75) is 65.4 Å². The molecule has 0 spiro atoms. The summed E-state index contributed by atoms with van der Waals surface area (Å²) in [5.41, 5.74) is 0. The highest BCUT2D eigenvalue weighted by Crippen LogP contribution is 2.11. The monoisotopic (exact) mass is 288 g/mol. The molecule has 20 heavy (non-hydrogen) atoms. The van der Waals surface area contributed by atoms with E-state index in [1.807, 2.05) is 0 Å². The molecule has 0 radical (unpaired) electrons. The number of rotatable bonds is 12. The Morgan fingerprint density at radius 3 is 2.40 bits per heavy atom. The van der Waals surface area contributed by atoms with Crippen LogP contribution in [0.1, 0.15) is 59.3 Å². The molecule has 118 valence electrons. The maximum absolute atomic E-state index is 11.2. The largest absolute Gasteiger partial charge is 0.466 e. The lowest BCUT2D eigenvalue weighted by atomic mass is 10.1. The van der Waals surface area contributed by atoms with E-state index in [0.29, 0.717) is 26.1 Å².